The zero-order valence-electron chi connectivity index (χ0n) is 11.4. The second-order valence-corrected chi connectivity index (χ2v) is 4.98. The number of carbonyl (C=O) groups excluding carboxylic acids is 1. The summed E-state index contributed by atoms with van der Waals surface area (Å²) in [6.45, 7) is 4.00. The largest absolute Gasteiger partial charge is 0.375 e. The molecule has 1 fully saturated rings. The van der Waals surface area contributed by atoms with Crippen molar-refractivity contribution in [2.24, 2.45) is 5.73 Å². The fraction of sp³-hybridized carbons (Fsp3) is 0.533. The van der Waals surface area contributed by atoms with Crippen LogP contribution in [-0.4, -0.2) is 42.6 Å². The van der Waals surface area contributed by atoms with Crippen LogP contribution in [0.3, 0.4) is 0 Å². The van der Waals surface area contributed by atoms with Crippen molar-refractivity contribution in [3.05, 3.63) is 35.9 Å². The van der Waals surface area contributed by atoms with Gasteiger partial charge in [-0.15, -0.1) is 0 Å². The van der Waals surface area contributed by atoms with E-state index in [0.29, 0.717) is 26.1 Å². The maximum absolute atomic E-state index is 12.3. The van der Waals surface area contributed by atoms with Crippen LogP contribution in [0.25, 0.3) is 0 Å². The van der Waals surface area contributed by atoms with Gasteiger partial charge in [0.15, 0.2) is 0 Å². The van der Waals surface area contributed by atoms with E-state index in [-0.39, 0.29) is 12.0 Å². The first-order valence-corrected chi connectivity index (χ1v) is 6.90. The van der Waals surface area contributed by atoms with Crippen LogP contribution in [0.2, 0.25) is 0 Å². The Morgan fingerprint density at radius 2 is 2.21 bits per heavy atom. The number of hydrogen-bond acceptors (Lipinski definition) is 3. The molecule has 1 aliphatic rings. The lowest BCUT2D eigenvalue weighted by molar-refractivity contribution is -0.140. The summed E-state index contributed by atoms with van der Waals surface area (Å²) < 4.78 is 5.57. The molecule has 2 unspecified atom stereocenters. The number of carbonyl (C=O) groups is 1. The van der Waals surface area contributed by atoms with Gasteiger partial charge in [-0.1, -0.05) is 37.3 Å². The van der Waals surface area contributed by atoms with Gasteiger partial charge in [-0.05, 0) is 18.4 Å². The lowest BCUT2D eigenvalue weighted by Crippen LogP contribution is -2.51. The van der Waals surface area contributed by atoms with Gasteiger partial charge in [0.1, 0.15) is 0 Å². The maximum Gasteiger partial charge on any atom is 0.239 e. The second kappa shape index (κ2) is 6.68. The molecule has 2 N–H and O–H groups in total. The highest BCUT2D eigenvalue weighted by Crippen LogP contribution is 2.11. The molecule has 104 valence electrons. The molecule has 2 rings (SSSR count). The summed E-state index contributed by atoms with van der Waals surface area (Å²) >= 11 is 0. The van der Waals surface area contributed by atoms with Gasteiger partial charge in [0.25, 0.3) is 0 Å². The van der Waals surface area contributed by atoms with Crippen molar-refractivity contribution in [1.82, 2.24) is 4.90 Å². The van der Waals surface area contributed by atoms with Crippen molar-refractivity contribution < 1.29 is 9.53 Å². The van der Waals surface area contributed by atoms with Crippen molar-refractivity contribution in [2.75, 3.05) is 19.7 Å². The van der Waals surface area contributed by atoms with Gasteiger partial charge < -0.3 is 15.4 Å². The summed E-state index contributed by atoms with van der Waals surface area (Å²) in [4.78, 5) is 14.1. The molecular formula is C15H22N2O2. The van der Waals surface area contributed by atoms with Crippen LogP contribution in [-0.2, 0) is 16.0 Å². The van der Waals surface area contributed by atoms with E-state index in [1.807, 2.05) is 35.2 Å². The topological polar surface area (TPSA) is 55.6 Å². The van der Waals surface area contributed by atoms with E-state index < -0.39 is 6.04 Å². The smallest absolute Gasteiger partial charge is 0.239 e. The van der Waals surface area contributed by atoms with Crippen LogP contribution in [0.4, 0.5) is 0 Å². The summed E-state index contributed by atoms with van der Waals surface area (Å²) in [6.07, 6.45) is 1.67. The maximum atomic E-state index is 12.3. The van der Waals surface area contributed by atoms with Gasteiger partial charge in [-0.2, -0.15) is 0 Å². The standard InChI is InChI=1S/C15H22N2O2/c1-2-13-11-17(8-9-19-13)15(18)14(16)10-12-6-4-3-5-7-12/h3-7,13-14H,2,8-11,16H2,1H3. The minimum atomic E-state index is -0.460. The van der Waals surface area contributed by atoms with Crippen LogP contribution in [0.15, 0.2) is 30.3 Å². The lowest BCUT2D eigenvalue weighted by atomic mass is 10.1. The molecule has 0 saturated carbocycles. The molecule has 1 heterocycles. The molecule has 0 spiro atoms. The van der Waals surface area contributed by atoms with E-state index >= 15 is 0 Å². The van der Waals surface area contributed by atoms with Crippen LogP contribution in [0, 0.1) is 0 Å². The molecule has 0 radical (unpaired) electrons. The third-order valence-corrected chi connectivity index (χ3v) is 3.52. The molecule has 4 heteroatoms. The van der Waals surface area contributed by atoms with Crippen LogP contribution < -0.4 is 5.73 Å². The number of amides is 1. The summed E-state index contributed by atoms with van der Waals surface area (Å²) in [5, 5.41) is 0. The Labute approximate surface area is 114 Å². The molecule has 1 aromatic carbocycles. The Morgan fingerprint density at radius 1 is 1.47 bits per heavy atom. The second-order valence-electron chi connectivity index (χ2n) is 4.98. The summed E-state index contributed by atoms with van der Waals surface area (Å²) in [5.41, 5.74) is 7.14. The van der Waals surface area contributed by atoms with Crippen LogP contribution in [0.1, 0.15) is 18.9 Å². The highest BCUT2D eigenvalue weighted by atomic mass is 16.5. The summed E-state index contributed by atoms with van der Waals surface area (Å²) in [6, 6.07) is 9.44. The Bertz CT molecular complexity index is 408. The fourth-order valence-corrected chi connectivity index (χ4v) is 2.36. The zero-order chi connectivity index (χ0) is 13.7. The third kappa shape index (κ3) is 3.78. The van der Waals surface area contributed by atoms with Crippen molar-refractivity contribution in [2.45, 2.75) is 31.9 Å². The Balaban J connectivity index is 1.91. The molecule has 4 nitrogen and oxygen atoms in total. The number of benzene rings is 1. The Hall–Kier alpha value is -1.39. The fourth-order valence-electron chi connectivity index (χ4n) is 2.36. The molecule has 0 aromatic heterocycles. The number of morpholine rings is 1. The van der Waals surface area contributed by atoms with E-state index in [4.69, 9.17) is 10.5 Å². The first-order chi connectivity index (χ1) is 9.20. The first kappa shape index (κ1) is 14.0. The van der Waals surface area contributed by atoms with Crippen molar-refractivity contribution >= 4 is 5.91 Å². The predicted molar refractivity (Wildman–Crippen MR) is 74.7 cm³/mol. The third-order valence-electron chi connectivity index (χ3n) is 3.52. The number of rotatable bonds is 4. The average molecular weight is 262 g/mol. The van der Waals surface area contributed by atoms with Gasteiger partial charge >= 0.3 is 0 Å². The predicted octanol–water partition coefficient (Wildman–Crippen LogP) is 1.19. The first-order valence-electron chi connectivity index (χ1n) is 6.90. The lowest BCUT2D eigenvalue weighted by Gasteiger charge is -2.34. The molecule has 1 saturated heterocycles. The van der Waals surface area contributed by atoms with E-state index in [1.54, 1.807) is 0 Å². The summed E-state index contributed by atoms with van der Waals surface area (Å²) in [7, 11) is 0. The summed E-state index contributed by atoms with van der Waals surface area (Å²) in [5.74, 6) is 0.0330. The van der Waals surface area contributed by atoms with Gasteiger partial charge in [0, 0.05) is 13.1 Å². The Kier molecular flexibility index (Phi) is 4.93. The highest BCUT2D eigenvalue weighted by molar-refractivity contribution is 5.82. The molecular weight excluding hydrogens is 240 g/mol. The van der Waals surface area contributed by atoms with Crippen LogP contribution in [0.5, 0.6) is 0 Å². The zero-order valence-corrected chi connectivity index (χ0v) is 11.4. The van der Waals surface area contributed by atoms with E-state index in [0.717, 1.165) is 12.0 Å². The van der Waals surface area contributed by atoms with Gasteiger partial charge in [0.2, 0.25) is 5.91 Å². The minimum absolute atomic E-state index is 0.0330. The number of nitrogens with two attached hydrogens (primary N) is 1. The molecule has 19 heavy (non-hydrogen) atoms. The number of ether oxygens (including phenoxy) is 1. The van der Waals surface area contributed by atoms with Gasteiger partial charge in [-0.3, -0.25) is 4.79 Å². The minimum Gasteiger partial charge on any atom is -0.375 e. The molecule has 0 aliphatic carbocycles. The average Bonchev–Trinajstić information content (AvgIpc) is 2.47. The highest BCUT2D eigenvalue weighted by Gasteiger charge is 2.26. The van der Waals surface area contributed by atoms with Crippen molar-refractivity contribution in [1.29, 1.82) is 0 Å². The molecule has 1 aromatic rings. The number of nitrogens with zero attached hydrogens (tertiary/aromatic N) is 1. The monoisotopic (exact) mass is 262 g/mol. The normalized spacial score (nSPS) is 21.2. The molecule has 1 amide bonds. The molecule has 1 aliphatic heterocycles. The van der Waals surface area contributed by atoms with E-state index in [9.17, 15) is 4.79 Å². The van der Waals surface area contributed by atoms with Crippen LogP contribution >= 0.6 is 0 Å². The van der Waals surface area contributed by atoms with Crippen molar-refractivity contribution in [3.8, 4) is 0 Å². The SMILES string of the molecule is CCC1CN(C(=O)C(N)Cc2ccccc2)CCO1. The molecule has 2 atom stereocenters. The quantitative estimate of drug-likeness (QED) is 0.887. The Morgan fingerprint density at radius 3 is 2.89 bits per heavy atom. The number of hydrogen-bond donors (Lipinski definition) is 1. The van der Waals surface area contributed by atoms with Gasteiger partial charge in [-0.25, -0.2) is 0 Å². The van der Waals surface area contributed by atoms with Crippen molar-refractivity contribution in [3.63, 3.8) is 0 Å². The van der Waals surface area contributed by atoms with E-state index in [2.05, 4.69) is 6.92 Å². The van der Waals surface area contributed by atoms with E-state index in [1.165, 1.54) is 0 Å². The molecule has 0 bridgehead atoms. The van der Waals surface area contributed by atoms with Gasteiger partial charge in [0.05, 0.1) is 18.8 Å².